The monoisotopic (exact) mass is 397 g/mol. The lowest BCUT2D eigenvalue weighted by molar-refractivity contribution is -0.137. The molecule has 156 valence electrons. The molecular weight excluding hydrogens is 367 g/mol. The van der Waals surface area contributed by atoms with Gasteiger partial charge in [0, 0.05) is 19.2 Å². The van der Waals surface area contributed by atoms with Gasteiger partial charge in [-0.2, -0.15) is 13.2 Å². The predicted molar refractivity (Wildman–Crippen MR) is 106 cm³/mol. The maximum atomic E-state index is 12.6. The van der Waals surface area contributed by atoms with Crippen molar-refractivity contribution in [1.29, 1.82) is 0 Å². The van der Waals surface area contributed by atoms with Gasteiger partial charge in [-0.3, -0.25) is 4.79 Å². The zero-order valence-electron chi connectivity index (χ0n) is 16.6. The van der Waals surface area contributed by atoms with E-state index in [0.717, 1.165) is 37.8 Å². The van der Waals surface area contributed by atoms with Gasteiger partial charge in [-0.25, -0.2) is 0 Å². The van der Waals surface area contributed by atoms with Crippen LogP contribution < -0.4 is 5.32 Å². The zero-order chi connectivity index (χ0) is 20.8. The zero-order valence-corrected chi connectivity index (χ0v) is 16.6. The Morgan fingerprint density at radius 1 is 1.25 bits per heavy atom. The second-order valence-corrected chi connectivity index (χ2v) is 6.79. The van der Waals surface area contributed by atoms with Gasteiger partial charge in [-0.1, -0.05) is 50.6 Å². The maximum absolute atomic E-state index is 12.6. The number of rotatable bonds is 12. The molecule has 0 aliphatic carbocycles. The average molecular weight is 397 g/mol. The average Bonchev–Trinajstić information content (AvgIpc) is 2.67. The normalized spacial score (nSPS) is 13.3. The maximum Gasteiger partial charge on any atom is 0.416 e. The minimum atomic E-state index is -4.33. The van der Waals surface area contributed by atoms with Crippen LogP contribution in [0.1, 0.15) is 50.7 Å². The molecule has 0 saturated carbocycles. The summed E-state index contributed by atoms with van der Waals surface area (Å²) in [4.78, 5) is 11.6. The number of hydrogen-bond donors (Lipinski definition) is 1. The van der Waals surface area contributed by atoms with Crippen LogP contribution in [0.25, 0.3) is 0 Å². The van der Waals surface area contributed by atoms with E-state index in [2.05, 4.69) is 19.2 Å². The first-order chi connectivity index (χ1) is 13.3. The molecule has 28 heavy (non-hydrogen) atoms. The first-order valence-electron chi connectivity index (χ1n) is 9.67. The molecule has 6 heteroatoms. The molecule has 0 bridgehead atoms. The van der Waals surface area contributed by atoms with Gasteiger partial charge in [0.25, 0.3) is 0 Å². The van der Waals surface area contributed by atoms with Gasteiger partial charge in [-0.15, -0.1) is 0 Å². The number of nitrogens with one attached hydrogen (secondary N) is 1. The Hall–Kier alpha value is -2.08. The van der Waals surface area contributed by atoms with E-state index in [4.69, 9.17) is 4.74 Å². The van der Waals surface area contributed by atoms with Crippen molar-refractivity contribution in [3.05, 3.63) is 59.7 Å². The molecule has 1 rings (SSSR count). The Bertz CT molecular complexity index is 639. The molecule has 1 aromatic carbocycles. The smallest absolute Gasteiger partial charge is 0.377 e. The molecule has 1 atom stereocenters. The van der Waals surface area contributed by atoms with E-state index < -0.39 is 11.7 Å². The summed E-state index contributed by atoms with van der Waals surface area (Å²) in [6.45, 7) is 5.54. The topological polar surface area (TPSA) is 38.3 Å². The van der Waals surface area contributed by atoms with E-state index >= 15 is 0 Å². The third-order valence-electron chi connectivity index (χ3n) is 4.25. The summed E-state index contributed by atoms with van der Waals surface area (Å²) in [5.41, 5.74) is -0.133. The highest BCUT2D eigenvalue weighted by Gasteiger charge is 2.30. The highest BCUT2D eigenvalue weighted by molar-refractivity contribution is 5.87. The number of allylic oxidation sites excluding steroid dienone is 3. The SMILES string of the molecule is CCC(C)CNC(=O)C=CC=CCCCCOCc1cccc(C(F)(F)F)c1. The van der Waals surface area contributed by atoms with Crippen molar-refractivity contribution in [2.75, 3.05) is 13.2 Å². The summed E-state index contributed by atoms with van der Waals surface area (Å²) in [5.74, 6) is 0.386. The highest BCUT2D eigenvalue weighted by Crippen LogP contribution is 2.29. The van der Waals surface area contributed by atoms with Crippen LogP contribution in [-0.2, 0) is 22.3 Å². The molecule has 0 spiro atoms. The van der Waals surface area contributed by atoms with Crippen molar-refractivity contribution < 1.29 is 22.7 Å². The van der Waals surface area contributed by atoms with E-state index in [0.29, 0.717) is 24.6 Å². The summed E-state index contributed by atoms with van der Waals surface area (Å²) in [6, 6.07) is 5.20. The van der Waals surface area contributed by atoms with E-state index in [1.54, 1.807) is 12.1 Å². The number of ether oxygens (including phenoxy) is 1. The van der Waals surface area contributed by atoms with Crippen LogP contribution >= 0.6 is 0 Å². The summed E-state index contributed by atoms with van der Waals surface area (Å²) >= 11 is 0. The molecule has 0 aromatic heterocycles. The third kappa shape index (κ3) is 10.9. The van der Waals surface area contributed by atoms with Gasteiger partial charge in [0.2, 0.25) is 5.91 Å². The van der Waals surface area contributed by atoms with Crippen molar-refractivity contribution in [3.8, 4) is 0 Å². The fourth-order valence-electron chi connectivity index (χ4n) is 2.29. The number of benzene rings is 1. The molecule has 1 unspecified atom stereocenters. The summed E-state index contributed by atoms with van der Waals surface area (Å²) in [7, 11) is 0. The Morgan fingerprint density at radius 3 is 2.75 bits per heavy atom. The van der Waals surface area contributed by atoms with Crippen LogP contribution in [0.2, 0.25) is 0 Å². The van der Waals surface area contributed by atoms with Gasteiger partial charge in [0.05, 0.1) is 12.2 Å². The highest BCUT2D eigenvalue weighted by atomic mass is 19.4. The van der Waals surface area contributed by atoms with Crippen molar-refractivity contribution in [2.45, 2.75) is 52.3 Å². The molecule has 0 radical (unpaired) electrons. The summed E-state index contributed by atoms with van der Waals surface area (Å²) < 4.78 is 43.4. The third-order valence-corrected chi connectivity index (χ3v) is 4.25. The van der Waals surface area contributed by atoms with Gasteiger partial charge in [-0.05, 0) is 42.9 Å². The first kappa shape index (κ1) is 24.0. The van der Waals surface area contributed by atoms with E-state index in [1.807, 2.05) is 12.2 Å². The van der Waals surface area contributed by atoms with Gasteiger partial charge in [0.15, 0.2) is 0 Å². The Labute approximate surface area is 165 Å². The lowest BCUT2D eigenvalue weighted by Gasteiger charge is -2.09. The molecular formula is C22H30F3NO2. The number of alkyl halides is 3. The minimum absolute atomic E-state index is 0.0899. The minimum Gasteiger partial charge on any atom is -0.377 e. The van der Waals surface area contributed by atoms with Gasteiger partial charge in [0.1, 0.15) is 0 Å². The number of hydrogen-bond acceptors (Lipinski definition) is 2. The largest absolute Gasteiger partial charge is 0.416 e. The van der Waals surface area contributed by atoms with Crippen LogP contribution in [0.3, 0.4) is 0 Å². The van der Waals surface area contributed by atoms with Crippen molar-refractivity contribution in [2.24, 2.45) is 5.92 Å². The fraction of sp³-hybridized carbons (Fsp3) is 0.500. The van der Waals surface area contributed by atoms with Crippen LogP contribution in [0.5, 0.6) is 0 Å². The number of amides is 1. The number of unbranched alkanes of at least 4 members (excludes halogenated alkanes) is 2. The Balaban J connectivity index is 2.11. The van der Waals surface area contributed by atoms with Gasteiger partial charge < -0.3 is 10.1 Å². The second-order valence-electron chi connectivity index (χ2n) is 6.79. The molecule has 0 aliphatic rings. The van der Waals surface area contributed by atoms with Crippen LogP contribution in [0, 0.1) is 5.92 Å². The molecule has 1 amide bonds. The lowest BCUT2D eigenvalue weighted by atomic mass is 10.1. The first-order valence-corrected chi connectivity index (χ1v) is 9.67. The molecule has 1 aromatic rings. The van der Waals surface area contributed by atoms with E-state index in [1.165, 1.54) is 12.1 Å². The van der Waals surface area contributed by atoms with Crippen molar-refractivity contribution >= 4 is 5.91 Å². The predicted octanol–water partition coefficient (Wildman–Crippen LogP) is 5.67. The van der Waals surface area contributed by atoms with E-state index in [9.17, 15) is 18.0 Å². The van der Waals surface area contributed by atoms with Gasteiger partial charge >= 0.3 is 6.18 Å². The van der Waals surface area contributed by atoms with E-state index in [-0.39, 0.29) is 12.5 Å². The lowest BCUT2D eigenvalue weighted by Crippen LogP contribution is -2.26. The van der Waals surface area contributed by atoms with Crippen molar-refractivity contribution in [1.82, 2.24) is 5.32 Å². The second kappa shape index (κ2) is 13.2. The van der Waals surface area contributed by atoms with Crippen molar-refractivity contribution in [3.63, 3.8) is 0 Å². The van der Waals surface area contributed by atoms with Crippen LogP contribution in [0.4, 0.5) is 13.2 Å². The van der Waals surface area contributed by atoms with Crippen LogP contribution in [-0.4, -0.2) is 19.1 Å². The molecule has 0 saturated heterocycles. The Kier molecular flexibility index (Phi) is 11.3. The molecule has 0 heterocycles. The summed E-state index contributed by atoms with van der Waals surface area (Å²) in [5, 5.41) is 2.85. The summed E-state index contributed by atoms with van der Waals surface area (Å²) in [6.07, 6.45) is 6.34. The van der Waals surface area contributed by atoms with Crippen LogP contribution in [0.15, 0.2) is 48.6 Å². The molecule has 1 N–H and O–H groups in total. The molecule has 3 nitrogen and oxygen atoms in total. The molecule has 0 fully saturated rings. The Morgan fingerprint density at radius 2 is 2.04 bits per heavy atom. The quantitative estimate of drug-likeness (QED) is 0.280. The fourth-order valence-corrected chi connectivity index (χ4v) is 2.29. The molecule has 0 aliphatic heterocycles. The standard InChI is InChI=1S/C22H30F3NO2/c1-3-18(2)16-26-21(27)13-8-6-4-5-7-9-14-28-17-19-11-10-12-20(15-19)22(23,24)25/h4,6,8,10-13,15,18H,3,5,7,9,14,16-17H2,1-2H3,(H,26,27). The number of carbonyl (C=O) groups is 1. The number of halogens is 3. The number of carbonyl (C=O) groups excluding carboxylic acids is 1.